The molecule has 4 heteroatoms. The molecule has 2 atom stereocenters. The van der Waals surface area contributed by atoms with Crippen LogP contribution in [0.4, 0.5) is 0 Å². The second kappa shape index (κ2) is 7.42. The van der Waals surface area contributed by atoms with Crippen molar-refractivity contribution in [2.45, 2.75) is 33.3 Å². The smallest absolute Gasteiger partial charge is 0.261 e. The molecule has 2 unspecified atom stereocenters. The Hall–Kier alpha value is -2.02. The molecular weight excluding hydrogens is 240 g/mol. The molecular formula is C15H20N2O2. The normalized spacial score (nSPS) is 13.2. The van der Waals surface area contributed by atoms with Gasteiger partial charge in [-0.15, -0.1) is 0 Å². The molecule has 1 aromatic carbocycles. The highest BCUT2D eigenvalue weighted by molar-refractivity contribution is 5.81. The molecule has 0 radical (unpaired) electrons. The number of nitrogens with one attached hydrogen (secondary N) is 1. The molecule has 1 rings (SSSR count). The number of hydrogen-bond donors (Lipinski definition) is 1. The van der Waals surface area contributed by atoms with Crippen LogP contribution in [0.15, 0.2) is 24.3 Å². The van der Waals surface area contributed by atoms with Gasteiger partial charge >= 0.3 is 0 Å². The summed E-state index contributed by atoms with van der Waals surface area (Å²) in [5.74, 6) is 0.352. The van der Waals surface area contributed by atoms with Gasteiger partial charge in [0.2, 0.25) is 0 Å². The van der Waals surface area contributed by atoms with E-state index in [2.05, 4.69) is 11.4 Å². The zero-order valence-electron chi connectivity index (χ0n) is 11.6. The molecule has 0 heterocycles. The number of rotatable bonds is 6. The van der Waals surface area contributed by atoms with E-state index in [0.717, 1.165) is 11.3 Å². The Kier molecular flexibility index (Phi) is 5.87. The van der Waals surface area contributed by atoms with Gasteiger partial charge in [-0.2, -0.15) is 5.26 Å². The average Bonchev–Trinajstić information content (AvgIpc) is 2.43. The van der Waals surface area contributed by atoms with E-state index < -0.39 is 6.10 Å². The fraction of sp³-hybridized carbons (Fsp3) is 0.467. The molecule has 0 fully saturated rings. The van der Waals surface area contributed by atoms with E-state index in [1.165, 1.54) is 0 Å². The molecule has 19 heavy (non-hydrogen) atoms. The van der Waals surface area contributed by atoms with E-state index >= 15 is 0 Å². The third-order valence-electron chi connectivity index (χ3n) is 2.83. The maximum atomic E-state index is 12.0. The van der Waals surface area contributed by atoms with Crippen molar-refractivity contribution in [3.05, 3.63) is 29.8 Å². The maximum absolute atomic E-state index is 12.0. The summed E-state index contributed by atoms with van der Waals surface area (Å²) < 4.78 is 5.73. The Morgan fingerprint density at radius 2 is 2.16 bits per heavy atom. The van der Waals surface area contributed by atoms with Gasteiger partial charge in [-0.1, -0.05) is 25.1 Å². The summed E-state index contributed by atoms with van der Waals surface area (Å²) in [5.41, 5.74) is 0.999. The van der Waals surface area contributed by atoms with E-state index in [9.17, 15) is 4.79 Å². The van der Waals surface area contributed by atoms with Crippen LogP contribution in [0.5, 0.6) is 5.75 Å². The summed E-state index contributed by atoms with van der Waals surface area (Å²) in [6, 6.07) is 9.68. The quantitative estimate of drug-likeness (QED) is 0.854. The summed E-state index contributed by atoms with van der Waals surface area (Å²) >= 11 is 0. The van der Waals surface area contributed by atoms with Crippen molar-refractivity contribution in [3.8, 4) is 11.8 Å². The van der Waals surface area contributed by atoms with Gasteiger partial charge in [-0.05, 0) is 31.9 Å². The van der Waals surface area contributed by atoms with E-state index in [-0.39, 0.29) is 11.8 Å². The number of para-hydroxylation sites is 1. The monoisotopic (exact) mass is 260 g/mol. The van der Waals surface area contributed by atoms with Gasteiger partial charge in [0.1, 0.15) is 5.75 Å². The third kappa shape index (κ3) is 4.63. The summed E-state index contributed by atoms with van der Waals surface area (Å²) in [6.45, 7) is 5.96. The average molecular weight is 260 g/mol. The van der Waals surface area contributed by atoms with Crippen LogP contribution in [-0.4, -0.2) is 18.6 Å². The molecule has 1 amide bonds. The van der Waals surface area contributed by atoms with Crippen molar-refractivity contribution in [1.29, 1.82) is 5.26 Å². The number of carbonyl (C=O) groups excluding carboxylic acids is 1. The lowest BCUT2D eigenvalue weighted by Gasteiger charge is -2.18. The zero-order chi connectivity index (χ0) is 14.3. The lowest BCUT2D eigenvalue weighted by Crippen LogP contribution is -2.39. The number of nitriles is 1. The van der Waals surface area contributed by atoms with Crippen molar-refractivity contribution in [2.24, 2.45) is 5.92 Å². The minimum Gasteiger partial charge on any atom is -0.480 e. The van der Waals surface area contributed by atoms with E-state index in [1.54, 1.807) is 6.92 Å². The van der Waals surface area contributed by atoms with E-state index in [1.807, 2.05) is 38.1 Å². The maximum Gasteiger partial charge on any atom is 0.261 e. The predicted molar refractivity (Wildman–Crippen MR) is 73.7 cm³/mol. The Morgan fingerprint density at radius 1 is 1.47 bits per heavy atom. The number of nitrogens with zero attached hydrogens (tertiary/aromatic N) is 1. The lowest BCUT2D eigenvalue weighted by atomic mass is 10.2. The predicted octanol–water partition coefficient (Wildman–Crippen LogP) is 2.43. The topological polar surface area (TPSA) is 62.1 Å². The number of amides is 1. The minimum absolute atomic E-state index is 0.173. The first kappa shape index (κ1) is 15.0. The molecule has 1 N–H and O–H groups in total. The Bertz CT molecular complexity index is 465. The van der Waals surface area contributed by atoms with Crippen molar-refractivity contribution in [2.75, 3.05) is 6.54 Å². The Balaban J connectivity index is 2.61. The molecule has 0 aliphatic rings. The number of hydrogen-bond acceptors (Lipinski definition) is 3. The SMILES string of the molecule is CCC(Oc1ccccc1C)C(=O)NCC(C)C#N. The first-order chi connectivity index (χ1) is 9.08. The number of carbonyl (C=O) groups is 1. The van der Waals surface area contributed by atoms with E-state index in [0.29, 0.717) is 13.0 Å². The number of aryl methyl sites for hydroxylation is 1. The van der Waals surface area contributed by atoms with Gasteiger partial charge in [0.15, 0.2) is 6.10 Å². The van der Waals surface area contributed by atoms with Crippen molar-refractivity contribution >= 4 is 5.91 Å². The van der Waals surface area contributed by atoms with Crippen LogP contribution in [-0.2, 0) is 4.79 Å². The van der Waals surface area contributed by atoms with Gasteiger partial charge < -0.3 is 10.1 Å². The molecule has 0 saturated carbocycles. The summed E-state index contributed by atoms with van der Waals surface area (Å²) in [4.78, 5) is 12.0. The molecule has 0 spiro atoms. The van der Waals surface area contributed by atoms with Gasteiger partial charge in [0, 0.05) is 6.54 Å². The molecule has 0 bridgehead atoms. The Morgan fingerprint density at radius 3 is 2.74 bits per heavy atom. The molecule has 0 saturated heterocycles. The summed E-state index contributed by atoms with van der Waals surface area (Å²) in [5, 5.41) is 11.4. The fourth-order valence-electron chi connectivity index (χ4n) is 1.58. The number of benzene rings is 1. The molecule has 0 aliphatic heterocycles. The Labute approximate surface area is 114 Å². The second-order valence-corrected chi connectivity index (χ2v) is 4.56. The highest BCUT2D eigenvalue weighted by atomic mass is 16.5. The second-order valence-electron chi connectivity index (χ2n) is 4.56. The van der Waals surface area contributed by atoms with Crippen molar-refractivity contribution < 1.29 is 9.53 Å². The van der Waals surface area contributed by atoms with Crippen molar-refractivity contribution in [3.63, 3.8) is 0 Å². The molecule has 1 aromatic rings. The van der Waals surface area contributed by atoms with E-state index in [4.69, 9.17) is 10.00 Å². The molecule has 0 aromatic heterocycles. The first-order valence-corrected chi connectivity index (χ1v) is 6.48. The highest BCUT2D eigenvalue weighted by Crippen LogP contribution is 2.18. The molecule has 4 nitrogen and oxygen atoms in total. The van der Waals surface area contributed by atoms with Crippen LogP contribution in [0, 0.1) is 24.2 Å². The molecule has 102 valence electrons. The summed E-state index contributed by atoms with van der Waals surface area (Å²) in [6.07, 6.45) is 0.0631. The van der Waals surface area contributed by atoms with Crippen LogP contribution in [0.3, 0.4) is 0 Å². The largest absolute Gasteiger partial charge is 0.480 e. The van der Waals surface area contributed by atoms with Gasteiger partial charge in [-0.25, -0.2) is 0 Å². The van der Waals surface area contributed by atoms with Gasteiger partial charge in [0.25, 0.3) is 5.91 Å². The van der Waals surface area contributed by atoms with Crippen molar-refractivity contribution in [1.82, 2.24) is 5.32 Å². The van der Waals surface area contributed by atoms with Crippen LogP contribution in [0.1, 0.15) is 25.8 Å². The number of ether oxygens (including phenoxy) is 1. The fourth-order valence-corrected chi connectivity index (χ4v) is 1.58. The lowest BCUT2D eigenvalue weighted by molar-refractivity contribution is -0.128. The third-order valence-corrected chi connectivity index (χ3v) is 2.83. The summed E-state index contributed by atoms with van der Waals surface area (Å²) in [7, 11) is 0. The van der Waals surface area contributed by atoms with Crippen LogP contribution in [0.2, 0.25) is 0 Å². The zero-order valence-corrected chi connectivity index (χ0v) is 11.6. The molecule has 0 aliphatic carbocycles. The van der Waals surface area contributed by atoms with Crippen LogP contribution < -0.4 is 10.1 Å². The standard InChI is InChI=1S/C15H20N2O2/c1-4-13(15(18)17-10-11(2)9-16)19-14-8-6-5-7-12(14)3/h5-8,11,13H,4,10H2,1-3H3,(H,17,18). The van der Waals surface area contributed by atoms with Crippen LogP contribution in [0.25, 0.3) is 0 Å². The highest BCUT2D eigenvalue weighted by Gasteiger charge is 2.19. The van der Waals surface area contributed by atoms with Crippen LogP contribution >= 0.6 is 0 Å². The van der Waals surface area contributed by atoms with Gasteiger partial charge in [0.05, 0.1) is 12.0 Å². The first-order valence-electron chi connectivity index (χ1n) is 6.48. The van der Waals surface area contributed by atoms with Gasteiger partial charge in [-0.3, -0.25) is 4.79 Å². The minimum atomic E-state index is -0.521.